The summed E-state index contributed by atoms with van der Waals surface area (Å²) in [6.45, 7) is 6.08. The van der Waals surface area contributed by atoms with Crippen LogP contribution in [-0.2, 0) is 21.2 Å². The highest BCUT2D eigenvalue weighted by Crippen LogP contribution is 2.29. The fourth-order valence-corrected chi connectivity index (χ4v) is 5.19. The number of hydrazone groups is 1. The SMILES string of the molecule is COc1cc(C)c(/C=N\NC(=O)[C@H](Cc2ccccc2)NS(=O)(=O)c2ccc(I)cc2)cc1C(C)C. The van der Waals surface area contributed by atoms with E-state index in [9.17, 15) is 13.2 Å². The van der Waals surface area contributed by atoms with Gasteiger partial charge in [-0.3, -0.25) is 4.79 Å². The highest BCUT2D eigenvalue weighted by Gasteiger charge is 2.26. The number of ether oxygens (including phenoxy) is 1. The van der Waals surface area contributed by atoms with Crippen molar-refractivity contribution in [1.82, 2.24) is 10.1 Å². The molecule has 7 nitrogen and oxygen atoms in total. The number of halogens is 1. The van der Waals surface area contributed by atoms with Gasteiger partial charge in [-0.05, 0) is 101 Å². The van der Waals surface area contributed by atoms with Crippen LogP contribution in [0.4, 0.5) is 0 Å². The molecule has 0 saturated carbocycles. The molecule has 0 heterocycles. The van der Waals surface area contributed by atoms with Gasteiger partial charge >= 0.3 is 0 Å². The molecule has 1 amide bonds. The van der Waals surface area contributed by atoms with E-state index >= 15 is 0 Å². The number of hydrogen-bond donors (Lipinski definition) is 2. The third-order valence-corrected chi connectivity index (χ3v) is 7.85. The highest BCUT2D eigenvalue weighted by molar-refractivity contribution is 14.1. The van der Waals surface area contributed by atoms with Gasteiger partial charge in [0.2, 0.25) is 10.0 Å². The van der Waals surface area contributed by atoms with Crippen molar-refractivity contribution in [2.45, 2.75) is 44.0 Å². The van der Waals surface area contributed by atoms with Gasteiger partial charge in [-0.25, -0.2) is 13.8 Å². The quantitative estimate of drug-likeness (QED) is 0.194. The molecule has 0 unspecified atom stereocenters. The summed E-state index contributed by atoms with van der Waals surface area (Å²) in [7, 11) is -2.29. The average molecular weight is 620 g/mol. The molecule has 36 heavy (non-hydrogen) atoms. The monoisotopic (exact) mass is 619 g/mol. The van der Waals surface area contributed by atoms with Gasteiger partial charge < -0.3 is 4.74 Å². The van der Waals surface area contributed by atoms with Gasteiger partial charge in [-0.1, -0.05) is 44.2 Å². The van der Waals surface area contributed by atoms with E-state index in [1.165, 1.54) is 12.1 Å². The van der Waals surface area contributed by atoms with E-state index in [1.807, 2.05) is 49.4 Å². The van der Waals surface area contributed by atoms with E-state index in [4.69, 9.17) is 4.74 Å². The van der Waals surface area contributed by atoms with Gasteiger partial charge in [0.15, 0.2) is 0 Å². The second-order valence-electron chi connectivity index (χ2n) is 8.66. The van der Waals surface area contributed by atoms with Crippen LogP contribution in [0.1, 0.15) is 42.0 Å². The maximum absolute atomic E-state index is 13.1. The van der Waals surface area contributed by atoms with Gasteiger partial charge in [0.05, 0.1) is 18.2 Å². The lowest BCUT2D eigenvalue weighted by molar-refractivity contribution is -0.122. The average Bonchev–Trinajstić information content (AvgIpc) is 2.84. The lowest BCUT2D eigenvalue weighted by Gasteiger charge is -2.18. The Labute approximate surface area is 226 Å². The summed E-state index contributed by atoms with van der Waals surface area (Å²) in [5.74, 6) is 0.490. The number of benzene rings is 3. The first-order chi connectivity index (χ1) is 17.1. The molecule has 3 rings (SSSR count). The number of amides is 1. The standard InChI is InChI=1S/C27H30IN3O4S/c1-18(2)24-16-21(19(3)14-26(24)35-4)17-29-30-27(32)25(15-20-8-6-5-7-9-20)31-36(33,34)23-12-10-22(28)11-13-23/h5-14,16-18,25,31H,15H2,1-4H3,(H,30,32)/b29-17-/t25-/m0/s1. The van der Waals surface area contributed by atoms with Crippen molar-refractivity contribution in [3.05, 3.63) is 92.6 Å². The summed E-state index contributed by atoms with van der Waals surface area (Å²) in [5.41, 5.74) is 6.13. The molecule has 0 saturated heterocycles. The zero-order chi connectivity index (χ0) is 26.3. The number of carbonyl (C=O) groups is 1. The molecule has 0 aliphatic carbocycles. The number of nitrogens with one attached hydrogen (secondary N) is 2. The van der Waals surface area contributed by atoms with Crippen LogP contribution in [0.5, 0.6) is 5.75 Å². The number of hydrogen-bond acceptors (Lipinski definition) is 5. The second-order valence-corrected chi connectivity index (χ2v) is 11.6. The van der Waals surface area contributed by atoms with E-state index in [2.05, 4.69) is 51.7 Å². The Morgan fingerprint density at radius 3 is 2.36 bits per heavy atom. The number of carbonyl (C=O) groups excluding carboxylic acids is 1. The predicted molar refractivity (Wildman–Crippen MR) is 151 cm³/mol. The first kappa shape index (κ1) is 27.8. The van der Waals surface area contributed by atoms with Crippen LogP contribution >= 0.6 is 22.6 Å². The van der Waals surface area contributed by atoms with Gasteiger partial charge in [-0.2, -0.15) is 9.82 Å². The number of rotatable bonds is 10. The molecular weight excluding hydrogens is 589 g/mol. The molecule has 0 spiro atoms. The molecule has 0 aliphatic heterocycles. The molecule has 0 aromatic heterocycles. The molecule has 1 atom stereocenters. The van der Waals surface area contributed by atoms with Gasteiger partial charge in [-0.15, -0.1) is 0 Å². The molecule has 9 heteroatoms. The number of nitrogens with zero attached hydrogens (tertiary/aromatic N) is 1. The topological polar surface area (TPSA) is 96.9 Å². The second kappa shape index (κ2) is 12.5. The van der Waals surface area contributed by atoms with Gasteiger partial charge in [0.1, 0.15) is 11.8 Å². The molecule has 0 aliphatic rings. The molecule has 3 aromatic rings. The number of sulfonamides is 1. The maximum Gasteiger partial charge on any atom is 0.258 e. The first-order valence-electron chi connectivity index (χ1n) is 11.4. The Morgan fingerprint density at radius 1 is 1.08 bits per heavy atom. The Bertz CT molecular complexity index is 1330. The van der Waals surface area contributed by atoms with Crippen molar-refractivity contribution in [3.8, 4) is 5.75 Å². The number of methoxy groups -OCH3 is 1. The van der Waals surface area contributed by atoms with E-state index < -0.39 is 22.0 Å². The molecule has 0 radical (unpaired) electrons. The van der Waals surface area contributed by atoms with Crippen LogP contribution in [0, 0.1) is 10.5 Å². The third-order valence-electron chi connectivity index (χ3n) is 5.64. The van der Waals surface area contributed by atoms with Crippen molar-refractivity contribution in [2.24, 2.45) is 5.10 Å². The zero-order valence-electron chi connectivity index (χ0n) is 20.7. The van der Waals surface area contributed by atoms with E-state index in [0.717, 1.165) is 31.6 Å². The number of aryl methyl sites for hydroxylation is 1. The molecule has 190 valence electrons. The predicted octanol–water partition coefficient (Wildman–Crippen LogP) is 4.77. The van der Waals surface area contributed by atoms with Gasteiger partial charge in [0.25, 0.3) is 5.91 Å². The van der Waals surface area contributed by atoms with Crippen LogP contribution in [0.25, 0.3) is 0 Å². The zero-order valence-corrected chi connectivity index (χ0v) is 23.6. The van der Waals surface area contributed by atoms with Crippen molar-refractivity contribution >= 4 is 44.7 Å². The van der Waals surface area contributed by atoms with Crippen molar-refractivity contribution in [1.29, 1.82) is 0 Å². The Hall–Kier alpha value is -2.76. The normalized spacial score (nSPS) is 12.6. The molecule has 2 N–H and O–H groups in total. The van der Waals surface area contributed by atoms with Gasteiger partial charge in [0, 0.05) is 3.57 Å². The largest absolute Gasteiger partial charge is 0.496 e. The van der Waals surface area contributed by atoms with Crippen LogP contribution in [0.2, 0.25) is 0 Å². The Morgan fingerprint density at radius 2 is 1.75 bits per heavy atom. The molecule has 0 bridgehead atoms. The first-order valence-corrected chi connectivity index (χ1v) is 14.0. The minimum atomic E-state index is -3.93. The fraction of sp³-hybridized carbons (Fsp3) is 0.259. The lowest BCUT2D eigenvalue weighted by atomic mass is 9.97. The summed E-state index contributed by atoms with van der Waals surface area (Å²) >= 11 is 2.10. The van der Waals surface area contributed by atoms with E-state index in [-0.39, 0.29) is 17.2 Å². The maximum atomic E-state index is 13.1. The Kier molecular flexibility index (Phi) is 9.63. The smallest absolute Gasteiger partial charge is 0.258 e. The van der Waals surface area contributed by atoms with Crippen molar-refractivity contribution in [2.75, 3.05) is 7.11 Å². The van der Waals surface area contributed by atoms with Crippen LogP contribution in [0.15, 0.2) is 76.7 Å². The Balaban J connectivity index is 1.82. The fourth-order valence-electron chi connectivity index (χ4n) is 3.63. The molecule has 0 fully saturated rings. The minimum Gasteiger partial charge on any atom is -0.496 e. The summed E-state index contributed by atoms with van der Waals surface area (Å²) in [6.07, 6.45) is 1.73. The summed E-state index contributed by atoms with van der Waals surface area (Å²) in [5, 5.41) is 4.13. The van der Waals surface area contributed by atoms with Crippen molar-refractivity contribution < 1.29 is 17.9 Å². The highest BCUT2D eigenvalue weighted by atomic mass is 127. The van der Waals surface area contributed by atoms with Crippen LogP contribution < -0.4 is 14.9 Å². The van der Waals surface area contributed by atoms with Crippen molar-refractivity contribution in [3.63, 3.8) is 0 Å². The van der Waals surface area contributed by atoms with Crippen LogP contribution in [0.3, 0.4) is 0 Å². The minimum absolute atomic E-state index is 0.0901. The summed E-state index contributed by atoms with van der Waals surface area (Å²) < 4.78 is 35.0. The molecular formula is C27H30IN3O4S. The van der Waals surface area contributed by atoms with E-state index in [0.29, 0.717) is 0 Å². The third kappa shape index (κ3) is 7.37. The molecule has 3 aromatic carbocycles. The lowest BCUT2D eigenvalue weighted by Crippen LogP contribution is -2.46. The summed E-state index contributed by atoms with van der Waals surface area (Å²) in [4.78, 5) is 13.2. The van der Waals surface area contributed by atoms with E-state index in [1.54, 1.807) is 25.5 Å². The summed E-state index contributed by atoms with van der Waals surface area (Å²) in [6, 6.07) is 18.5. The van der Waals surface area contributed by atoms with Crippen LogP contribution in [-0.4, -0.2) is 33.7 Å².